The molecule has 0 aliphatic rings. The molecular formula is C20H23N3. The molecule has 0 amide bonds. The number of benzene rings is 2. The van der Waals surface area contributed by atoms with E-state index in [-0.39, 0.29) is 0 Å². The van der Waals surface area contributed by atoms with Crippen molar-refractivity contribution in [1.82, 2.24) is 9.97 Å². The first-order valence-corrected chi connectivity index (χ1v) is 8.22. The lowest BCUT2D eigenvalue weighted by molar-refractivity contribution is 0.539. The van der Waals surface area contributed by atoms with Crippen LogP contribution in [0.25, 0.3) is 22.3 Å². The molecule has 2 aromatic carbocycles. The Kier molecular flexibility index (Phi) is 4.56. The van der Waals surface area contributed by atoms with Crippen molar-refractivity contribution in [1.29, 1.82) is 0 Å². The monoisotopic (exact) mass is 305 g/mol. The van der Waals surface area contributed by atoms with Gasteiger partial charge in [0.25, 0.3) is 0 Å². The molecule has 3 nitrogen and oxygen atoms in total. The summed E-state index contributed by atoms with van der Waals surface area (Å²) in [4.78, 5) is 9.52. The maximum Gasteiger partial charge on any atom is 0.162 e. The number of aromatic nitrogens is 2. The summed E-state index contributed by atoms with van der Waals surface area (Å²) >= 11 is 0. The number of hydrogen-bond donors (Lipinski definition) is 1. The molecule has 3 heteroatoms. The molecule has 0 spiro atoms. The number of nitrogens with zero attached hydrogens (tertiary/aromatic N) is 2. The quantitative estimate of drug-likeness (QED) is 0.709. The molecule has 1 N–H and O–H groups in total. The van der Waals surface area contributed by atoms with Gasteiger partial charge in [-0.1, -0.05) is 56.3 Å². The highest BCUT2D eigenvalue weighted by molar-refractivity contribution is 5.90. The first-order valence-electron chi connectivity index (χ1n) is 8.22. The second-order valence-corrected chi connectivity index (χ2v) is 6.45. The van der Waals surface area contributed by atoms with Gasteiger partial charge >= 0.3 is 0 Å². The maximum atomic E-state index is 4.80. The lowest BCUT2D eigenvalue weighted by atomic mass is 10.1. The van der Waals surface area contributed by atoms with Crippen LogP contribution in [0.3, 0.4) is 0 Å². The van der Waals surface area contributed by atoms with Gasteiger partial charge in [-0.25, -0.2) is 9.97 Å². The fraction of sp³-hybridized carbons (Fsp3) is 0.300. The van der Waals surface area contributed by atoms with Gasteiger partial charge in [0.2, 0.25) is 0 Å². The third-order valence-electron chi connectivity index (χ3n) is 3.84. The third kappa shape index (κ3) is 3.67. The van der Waals surface area contributed by atoms with Gasteiger partial charge in [0.1, 0.15) is 5.82 Å². The molecule has 0 bridgehead atoms. The van der Waals surface area contributed by atoms with Gasteiger partial charge in [0.05, 0.1) is 5.52 Å². The zero-order valence-corrected chi connectivity index (χ0v) is 14.0. The van der Waals surface area contributed by atoms with Gasteiger partial charge in [-0.15, -0.1) is 0 Å². The predicted molar refractivity (Wildman–Crippen MR) is 97.5 cm³/mol. The average molecular weight is 305 g/mol. The highest BCUT2D eigenvalue weighted by Gasteiger charge is 2.12. The largest absolute Gasteiger partial charge is 0.367 e. The van der Waals surface area contributed by atoms with Gasteiger partial charge < -0.3 is 5.32 Å². The van der Waals surface area contributed by atoms with Gasteiger partial charge in [-0.05, 0) is 31.4 Å². The van der Waals surface area contributed by atoms with Crippen LogP contribution in [0.2, 0.25) is 0 Å². The zero-order valence-electron chi connectivity index (χ0n) is 14.0. The van der Waals surface area contributed by atoms with Crippen molar-refractivity contribution in [2.24, 2.45) is 5.92 Å². The molecule has 0 saturated heterocycles. The van der Waals surface area contributed by atoms with Crippen LogP contribution in [-0.4, -0.2) is 16.0 Å². The normalized spacial score (nSPS) is 12.5. The molecule has 3 aromatic rings. The van der Waals surface area contributed by atoms with E-state index in [0.29, 0.717) is 12.0 Å². The van der Waals surface area contributed by atoms with E-state index in [1.807, 2.05) is 48.5 Å². The molecule has 1 aromatic heterocycles. The summed E-state index contributed by atoms with van der Waals surface area (Å²) in [6, 6.07) is 18.7. The molecule has 0 aliphatic heterocycles. The molecule has 0 saturated carbocycles. The van der Waals surface area contributed by atoms with Crippen molar-refractivity contribution in [3.63, 3.8) is 0 Å². The summed E-state index contributed by atoms with van der Waals surface area (Å²) in [5.41, 5.74) is 2.01. The molecule has 0 aliphatic carbocycles. The van der Waals surface area contributed by atoms with E-state index in [0.717, 1.165) is 34.5 Å². The molecular weight excluding hydrogens is 282 g/mol. The molecule has 0 radical (unpaired) electrons. The number of hydrogen-bond acceptors (Lipinski definition) is 3. The Morgan fingerprint density at radius 1 is 0.870 bits per heavy atom. The van der Waals surface area contributed by atoms with E-state index < -0.39 is 0 Å². The Morgan fingerprint density at radius 3 is 2.30 bits per heavy atom. The van der Waals surface area contributed by atoms with E-state index in [4.69, 9.17) is 9.97 Å². The highest BCUT2D eigenvalue weighted by atomic mass is 15.0. The Hall–Kier alpha value is -2.42. The van der Waals surface area contributed by atoms with E-state index in [1.165, 1.54) is 0 Å². The molecule has 23 heavy (non-hydrogen) atoms. The van der Waals surface area contributed by atoms with Crippen molar-refractivity contribution in [2.75, 3.05) is 5.32 Å². The smallest absolute Gasteiger partial charge is 0.162 e. The average Bonchev–Trinajstić information content (AvgIpc) is 2.55. The minimum atomic E-state index is 0.372. The predicted octanol–water partition coefficient (Wildman–Crippen LogP) is 5.14. The summed E-state index contributed by atoms with van der Waals surface area (Å²) < 4.78 is 0. The first-order chi connectivity index (χ1) is 11.1. The van der Waals surface area contributed by atoms with E-state index in [1.54, 1.807) is 0 Å². The van der Waals surface area contributed by atoms with Crippen LogP contribution in [0.4, 0.5) is 5.82 Å². The van der Waals surface area contributed by atoms with Crippen molar-refractivity contribution in [2.45, 2.75) is 33.2 Å². The van der Waals surface area contributed by atoms with Crippen LogP contribution < -0.4 is 5.32 Å². The van der Waals surface area contributed by atoms with E-state index in [9.17, 15) is 0 Å². The highest BCUT2D eigenvalue weighted by Crippen LogP contribution is 2.25. The van der Waals surface area contributed by atoms with Gasteiger partial charge in [0, 0.05) is 17.0 Å². The molecule has 1 atom stereocenters. The van der Waals surface area contributed by atoms with Crippen LogP contribution in [0.1, 0.15) is 27.2 Å². The van der Waals surface area contributed by atoms with E-state index >= 15 is 0 Å². The van der Waals surface area contributed by atoms with Crippen LogP contribution in [-0.2, 0) is 0 Å². The minimum absolute atomic E-state index is 0.372. The van der Waals surface area contributed by atoms with Gasteiger partial charge in [-0.3, -0.25) is 0 Å². The number of rotatable bonds is 5. The van der Waals surface area contributed by atoms with E-state index in [2.05, 4.69) is 32.2 Å². The Morgan fingerprint density at radius 2 is 1.57 bits per heavy atom. The van der Waals surface area contributed by atoms with Crippen molar-refractivity contribution >= 4 is 16.7 Å². The topological polar surface area (TPSA) is 37.8 Å². The van der Waals surface area contributed by atoms with Crippen molar-refractivity contribution < 1.29 is 0 Å². The number of anilines is 1. The summed E-state index contributed by atoms with van der Waals surface area (Å²) in [5.74, 6) is 2.34. The van der Waals surface area contributed by atoms with Crippen LogP contribution in [0.15, 0.2) is 54.6 Å². The molecule has 118 valence electrons. The SMILES string of the molecule is CC(C)CC(C)Nc1nc(-c2ccccc2)nc2ccccc12. The minimum Gasteiger partial charge on any atom is -0.367 e. The lowest BCUT2D eigenvalue weighted by Gasteiger charge is -2.18. The summed E-state index contributed by atoms with van der Waals surface area (Å²) in [6.07, 6.45) is 1.11. The Bertz CT molecular complexity index is 781. The standard InChI is InChI=1S/C20H23N3/c1-14(2)13-15(3)21-20-17-11-7-8-12-18(17)22-19(23-20)16-9-5-4-6-10-16/h4-12,14-15H,13H2,1-3H3,(H,21,22,23). The summed E-state index contributed by atoms with van der Waals surface area (Å²) in [5, 5.41) is 4.65. The summed E-state index contributed by atoms with van der Waals surface area (Å²) in [7, 11) is 0. The van der Waals surface area contributed by atoms with Crippen LogP contribution in [0.5, 0.6) is 0 Å². The number of nitrogens with one attached hydrogen (secondary N) is 1. The molecule has 1 unspecified atom stereocenters. The maximum absolute atomic E-state index is 4.80. The number of para-hydroxylation sites is 1. The lowest BCUT2D eigenvalue weighted by Crippen LogP contribution is -2.18. The third-order valence-corrected chi connectivity index (χ3v) is 3.84. The first kappa shape index (κ1) is 15.5. The second kappa shape index (κ2) is 6.78. The van der Waals surface area contributed by atoms with Gasteiger partial charge in [-0.2, -0.15) is 0 Å². The zero-order chi connectivity index (χ0) is 16.2. The fourth-order valence-corrected chi connectivity index (χ4v) is 2.90. The molecule has 1 heterocycles. The van der Waals surface area contributed by atoms with Crippen LogP contribution in [0, 0.1) is 5.92 Å². The fourth-order valence-electron chi connectivity index (χ4n) is 2.90. The van der Waals surface area contributed by atoms with Gasteiger partial charge in [0.15, 0.2) is 5.82 Å². The number of fused-ring (bicyclic) bond motifs is 1. The molecule has 3 rings (SSSR count). The summed E-state index contributed by atoms with van der Waals surface area (Å²) in [6.45, 7) is 6.69. The Balaban J connectivity index is 2.04. The Labute approximate surface area is 137 Å². The second-order valence-electron chi connectivity index (χ2n) is 6.45. The van der Waals surface area contributed by atoms with Crippen molar-refractivity contribution in [3.05, 3.63) is 54.6 Å². The van der Waals surface area contributed by atoms with Crippen molar-refractivity contribution in [3.8, 4) is 11.4 Å². The van der Waals surface area contributed by atoms with Crippen LogP contribution >= 0.6 is 0 Å². The molecule has 0 fully saturated rings.